The van der Waals surface area contributed by atoms with Crippen LogP contribution in [0.25, 0.3) is 0 Å². The first-order chi connectivity index (χ1) is 20.8. The second-order valence-corrected chi connectivity index (χ2v) is 15.2. The Balaban J connectivity index is 1.26. The summed E-state index contributed by atoms with van der Waals surface area (Å²) in [4.78, 5) is 43.3. The molecule has 0 aromatic heterocycles. The molecule has 0 N–H and O–H groups in total. The lowest BCUT2D eigenvalue weighted by molar-refractivity contribution is -0.188. The Bertz CT molecular complexity index is 1260. The van der Waals surface area contributed by atoms with E-state index in [1.807, 2.05) is 30.3 Å². The number of rotatable bonds is 6. The Kier molecular flexibility index (Phi) is 8.74. The molecule has 3 atom stereocenters. The highest BCUT2D eigenvalue weighted by atomic mass is 19.4. The molecule has 9 nitrogen and oxygen atoms in total. The zero-order valence-corrected chi connectivity index (χ0v) is 27.1. The van der Waals surface area contributed by atoms with E-state index in [0.717, 1.165) is 10.5 Å². The van der Waals surface area contributed by atoms with E-state index in [0.29, 0.717) is 51.9 Å². The van der Waals surface area contributed by atoms with Gasteiger partial charge in [-0.3, -0.25) is 14.5 Å². The molecule has 1 aromatic rings. The summed E-state index contributed by atoms with van der Waals surface area (Å²) in [6.07, 6.45) is -3.44. The van der Waals surface area contributed by atoms with Crippen molar-refractivity contribution in [2.45, 2.75) is 120 Å². The highest BCUT2D eigenvalue weighted by Crippen LogP contribution is 2.50. The van der Waals surface area contributed by atoms with Gasteiger partial charge in [0.15, 0.2) is 0 Å². The monoisotopic (exact) mass is 637 g/mol. The number of esters is 1. The molecule has 1 spiro atoms. The van der Waals surface area contributed by atoms with Crippen molar-refractivity contribution in [1.82, 2.24) is 14.7 Å². The number of alkyl halides is 3. The number of amides is 2. The number of carbonyl (C=O) groups excluding carboxylic acids is 3. The van der Waals surface area contributed by atoms with Crippen LogP contribution in [-0.2, 0) is 23.8 Å². The molecule has 4 fully saturated rings. The van der Waals surface area contributed by atoms with E-state index in [1.165, 1.54) is 0 Å². The number of piperidine rings is 1. The van der Waals surface area contributed by atoms with Crippen molar-refractivity contribution in [3.05, 3.63) is 35.9 Å². The molecule has 0 radical (unpaired) electrons. The number of hydrogen-bond acceptors (Lipinski definition) is 7. The van der Waals surface area contributed by atoms with Gasteiger partial charge in [-0.05, 0) is 72.8 Å². The van der Waals surface area contributed by atoms with Crippen molar-refractivity contribution in [3.8, 4) is 0 Å². The summed E-state index contributed by atoms with van der Waals surface area (Å²) in [7, 11) is 0. The summed E-state index contributed by atoms with van der Waals surface area (Å²) >= 11 is 0. The average molecular weight is 638 g/mol. The Morgan fingerprint density at radius 3 is 2.11 bits per heavy atom. The van der Waals surface area contributed by atoms with Gasteiger partial charge >= 0.3 is 24.1 Å². The zero-order chi connectivity index (χ0) is 33.0. The molecule has 3 aliphatic heterocycles. The van der Waals surface area contributed by atoms with E-state index in [-0.39, 0.29) is 24.9 Å². The molecule has 3 saturated heterocycles. The SMILES string of the molecule is CC(C)(C)OC(=O)CC1(N2CCC3(CC2)CC(N(C(=O)C(F)(F)F)[C@@H]2C[C@H]2c2ccccc2)CO3)CN(C(=O)OC(C)(C)C)C1. The zero-order valence-electron chi connectivity index (χ0n) is 27.1. The minimum Gasteiger partial charge on any atom is -0.460 e. The number of benzene rings is 1. The van der Waals surface area contributed by atoms with Crippen LogP contribution in [0.4, 0.5) is 18.0 Å². The lowest BCUT2D eigenvalue weighted by Gasteiger charge is -2.57. The molecule has 1 aliphatic carbocycles. The summed E-state index contributed by atoms with van der Waals surface area (Å²) in [6.45, 7) is 12.5. The van der Waals surface area contributed by atoms with Gasteiger partial charge in [0.1, 0.15) is 11.2 Å². The smallest absolute Gasteiger partial charge is 0.460 e. The van der Waals surface area contributed by atoms with Gasteiger partial charge in [0.2, 0.25) is 0 Å². The number of nitrogens with zero attached hydrogens (tertiary/aromatic N) is 3. The third-order valence-electron chi connectivity index (χ3n) is 9.26. The van der Waals surface area contributed by atoms with Crippen LogP contribution in [0.3, 0.4) is 0 Å². The molecular formula is C33H46F3N3O6. The van der Waals surface area contributed by atoms with Crippen molar-refractivity contribution in [2.24, 2.45) is 0 Å². The van der Waals surface area contributed by atoms with Crippen molar-refractivity contribution >= 4 is 18.0 Å². The minimum atomic E-state index is -4.97. The summed E-state index contributed by atoms with van der Waals surface area (Å²) in [6, 6.07) is 8.15. The van der Waals surface area contributed by atoms with Gasteiger partial charge in [-0.15, -0.1) is 0 Å². The van der Waals surface area contributed by atoms with E-state index in [4.69, 9.17) is 14.2 Å². The minimum absolute atomic E-state index is 0.0509. The van der Waals surface area contributed by atoms with Crippen LogP contribution < -0.4 is 0 Å². The van der Waals surface area contributed by atoms with Crippen molar-refractivity contribution in [3.63, 3.8) is 0 Å². The molecule has 3 heterocycles. The molecule has 12 heteroatoms. The third-order valence-corrected chi connectivity index (χ3v) is 9.26. The predicted molar refractivity (Wildman–Crippen MR) is 159 cm³/mol. The molecule has 250 valence electrons. The molecule has 4 aliphatic rings. The first-order valence-corrected chi connectivity index (χ1v) is 15.8. The van der Waals surface area contributed by atoms with E-state index < -0.39 is 52.6 Å². The van der Waals surface area contributed by atoms with Gasteiger partial charge in [0.25, 0.3) is 0 Å². The Labute approximate surface area is 263 Å². The van der Waals surface area contributed by atoms with Gasteiger partial charge in [0.05, 0.1) is 30.2 Å². The second kappa shape index (κ2) is 11.7. The Morgan fingerprint density at radius 1 is 0.956 bits per heavy atom. The van der Waals surface area contributed by atoms with Crippen LogP contribution >= 0.6 is 0 Å². The molecule has 1 unspecified atom stereocenters. The van der Waals surface area contributed by atoms with Gasteiger partial charge < -0.3 is 24.0 Å². The number of hydrogen-bond donors (Lipinski definition) is 0. The lowest BCUT2D eigenvalue weighted by atomic mass is 9.79. The van der Waals surface area contributed by atoms with Crippen LogP contribution in [0.15, 0.2) is 30.3 Å². The van der Waals surface area contributed by atoms with Crippen LogP contribution in [0.2, 0.25) is 0 Å². The highest BCUT2D eigenvalue weighted by molar-refractivity contribution is 5.83. The van der Waals surface area contributed by atoms with Crippen molar-refractivity contribution in [1.29, 1.82) is 0 Å². The number of ether oxygens (including phenoxy) is 3. The molecule has 45 heavy (non-hydrogen) atoms. The van der Waals surface area contributed by atoms with Gasteiger partial charge in [0, 0.05) is 38.1 Å². The maximum absolute atomic E-state index is 13.8. The van der Waals surface area contributed by atoms with Crippen molar-refractivity contribution in [2.75, 3.05) is 32.8 Å². The van der Waals surface area contributed by atoms with E-state index in [1.54, 1.807) is 46.4 Å². The van der Waals surface area contributed by atoms with E-state index in [2.05, 4.69) is 4.90 Å². The summed E-state index contributed by atoms with van der Waals surface area (Å²) in [5, 5.41) is 0. The first-order valence-electron chi connectivity index (χ1n) is 15.8. The topological polar surface area (TPSA) is 88.6 Å². The summed E-state index contributed by atoms with van der Waals surface area (Å²) < 4.78 is 58.9. The molecular weight excluding hydrogens is 591 g/mol. The van der Waals surface area contributed by atoms with Crippen LogP contribution in [0.1, 0.15) is 85.1 Å². The maximum atomic E-state index is 13.8. The van der Waals surface area contributed by atoms with Crippen LogP contribution in [0.5, 0.6) is 0 Å². The number of likely N-dealkylation sites (tertiary alicyclic amines) is 2. The molecule has 0 bridgehead atoms. The molecule has 5 rings (SSSR count). The first kappa shape index (κ1) is 33.5. The van der Waals surface area contributed by atoms with Gasteiger partial charge in [-0.2, -0.15) is 13.2 Å². The Morgan fingerprint density at radius 2 is 1.56 bits per heavy atom. The fourth-order valence-corrected chi connectivity index (χ4v) is 7.21. The van der Waals surface area contributed by atoms with Gasteiger partial charge in [-0.25, -0.2) is 4.79 Å². The fraction of sp³-hybridized carbons (Fsp3) is 0.727. The van der Waals surface area contributed by atoms with Crippen LogP contribution in [0, 0.1) is 0 Å². The van der Waals surface area contributed by atoms with E-state index in [9.17, 15) is 27.6 Å². The predicted octanol–water partition coefficient (Wildman–Crippen LogP) is 5.28. The summed E-state index contributed by atoms with van der Waals surface area (Å²) in [5.41, 5.74) is -1.69. The van der Waals surface area contributed by atoms with Crippen molar-refractivity contribution < 1.29 is 41.8 Å². The molecule has 1 saturated carbocycles. The number of carbonyl (C=O) groups is 3. The Hall–Kier alpha value is -2.86. The maximum Gasteiger partial charge on any atom is 0.471 e. The highest BCUT2D eigenvalue weighted by Gasteiger charge is 2.59. The number of halogens is 3. The lowest BCUT2D eigenvalue weighted by Crippen LogP contribution is -2.73. The van der Waals surface area contributed by atoms with Gasteiger partial charge in [-0.1, -0.05) is 30.3 Å². The second-order valence-electron chi connectivity index (χ2n) is 15.2. The summed E-state index contributed by atoms with van der Waals surface area (Å²) in [5.74, 6) is -2.29. The van der Waals surface area contributed by atoms with Crippen LogP contribution in [-0.4, -0.2) is 106 Å². The quantitative estimate of drug-likeness (QED) is 0.393. The van der Waals surface area contributed by atoms with E-state index >= 15 is 0 Å². The largest absolute Gasteiger partial charge is 0.471 e. The third kappa shape index (κ3) is 7.59. The average Bonchev–Trinajstić information content (AvgIpc) is 3.58. The molecule has 2 amide bonds. The fourth-order valence-electron chi connectivity index (χ4n) is 7.21. The standard InChI is InChI=1S/C33H46F3N3O6/c1-29(2,3)44-26(40)18-31(20-37(21-31)28(42)45-30(4,5)6)38-14-12-32(13-15-38)17-23(19-43-32)39(27(41)33(34,35)36)25-16-24(25)22-10-8-7-9-11-22/h7-11,23-25H,12-21H2,1-6H3/t23?,24-,25+/m0/s1. The normalized spacial score (nSPS) is 26.2. The molecule has 1 aromatic carbocycles.